The van der Waals surface area contributed by atoms with Crippen LogP contribution in [-0.4, -0.2) is 36.5 Å². The van der Waals surface area contributed by atoms with E-state index in [0.717, 1.165) is 57.4 Å². The number of fused-ring (bicyclic) bond motifs is 2. The van der Waals surface area contributed by atoms with Gasteiger partial charge in [0.1, 0.15) is 0 Å². The Hall–Kier alpha value is -2.33. The van der Waals surface area contributed by atoms with E-state index >= 15 is 0 Å². The molecule has 4 heteroatoms. The van der Waals surface area contributed by atoms with Crippen molar-refractivity contribution in [1.82, 2.24) is 10.2 Å². The van der Waals surface area contributed by atoms with Crippen LogP contribution in [0.2, 0.25) is 0 Å². The molecule has 0 radical (unpaired) electrons. The Morgan fingerprint density at radius 2 is 1.80 bits per heavy atom. The highest BCUT2D eigenvalue weighted by Gasteiger charge is 2.52. The van der Waals surface area contributed by atoms with Crippen LogP contribution in [0.3, 0.4) is 0 Å². The number of nitrogens with zero attached hydrogens (tertiary/aromatic N) is 1. The summed E-state index contributed by atoms with van der Waals surface area (Å²) in [5, 5.41) is 3.65. The topological polar surface area (TPSA) is 58.4 Å². The molecule has 4 aliphatic rings. The lowest BCUT2D eigenvalue weighted by Crippen LogP contribution is -2.55. The van der Waals surface area contributed by atoms with Crippen molar-refractivity contribution in [3.05, 3.63) is 65.2 Å². The monoisotopic (exact) mass is 471 g/mol. The molecule has 3 fully saturated rings. The van der Waals surface area contributed by atoms with Crippen molar-refractivity contribution in [1.29, 1.82) is 0 Å². The van der Waals surface area contributed by atoms with Crippen LogP contribution in [0.25, 0.3) is 0 Å². The van der Waals surface area contributed by atoms with Crippen LogP contribution in [-0.2, 0) is 16.6 Å². The summed E-state index contributed by atoms with van der Waals surface area (Å²) >= 11 is 0. The lowest BCUT2D eigenvalue weighted by molar-refractivity contribution is -0.143. The number of amides is 1. The lowest BCUT2D eigenvalue weighted by Gasteiger charge is -2.48. The number of hydrogen-bond donors (Lipinski definition) is 2. The minimum Gasteiger partial charge on any atom is -0.398 e. The summed E-state index contributed by atoms with van der Waals surface area (Å²) < 4.78 is 0. The Morgan fingerprint density at radius 1 is 0.971 bits per heavy atom. The van der Waals surface area contributed by atoms with E-state index in [9.17, 15) is 4.79 Å². The van der Waals surface area contributed by atoms with E-state index in [1.807, 2.05) is 6.07 Å². The third kappa shape index (κ3) is 4.08. The van der Waals surface area contributed by atoms with E-state index in [1.54, 1.807) is 0 Å². The lowest BCUT2D eigenvalue weighted by atomic mass is 9.63. The second-order valence-corrected chi connectivity index (χ2v) is 11.7. The quantitative estimate of drug-likeness (QED) is 0.588. The summed E-state index contributed by atoms with van der Waals surface area (Å²) in [6, 6.07) is 17.8. The zero-order chi connectivity index (χ0) is 23.8. The number of anilines is 1. The molecule has 2 aliphatic carbocycles. The van der Waals surface area contributed by atoms with Gasteiger partial charge in [-0.15, -0.1) is 0 Å². The predicted octanol–water partition coefficient (Wildman–Crippen LogP) is 5.42. The van der Waals surface area contributed by atoms with Gasteiger partial charge in [-0.1, -0.05) is 61.7 Å². The minimum atomic E-state index is -0.104. The first-order valence-corrected chi connectivity index (χ1v) is 14.1. The van der Waals surface area contributed by atoms with Crippen molar-refractivity contribution >= 4 is 11.6 Å². The fourth-order valence-electron chi connectivity index (χ4n) is 8.16. The van der Waals surface area contributed by atoms with Crippen LogP contribution in [0, 0.1) is 11.8 Å². The van der Waals surface area contributed by atoms with Gasteiger partial charge in [-0.25, -0.2) is 0 Å². The van der Waals surface area contributed by atoms with E-state index in [1.165, 1.54) is 48.8 Å². The molecule has 1 spiro atoms. The van der Waals surface area contributed by atoms with E-state index in [4.69, 9.17) is 5.73 Å². The number of likely N-dealkylation sites (tertiary alicyclic amines) is 1. The second-order valence-electron chi connectivity index (χ2n) is 11.7. The van der Waals surface area contributed by atoms with Crippen LogP contribution in [0.4, 0.5) is 5.69 Å². The highest BCUT2D eigenvalue weighted by Crippen LogP contribution is 2.48. The number of rotatable bonds is 3. The Morgan fingerprint density at radius 3 is 2.63 bits per heavy atom. The summed E-state index contributed by atoms with van der Waals surface area (Å²) in [6.45, 7) is 2.59. The number of hydrogen-bond acceptors (Lipinski definition) is 3. The maximum Gasteiger partial charge on any atom is 0.228 e. The normalized spacial score (nSPS) is 31.4. The molecule has 2 aromatic carbocycles. The molecule has 4 unspecified atom stereocenters. The van der Waals surface area contributed by atoms with E-state index < -0.39 is 0 Å². The molecule has 3 N–H and O–H groups in total. The molecule has 0 bridgehead atoms. The first-order valence-electron chi connectivity index (χ1n) is 14.1. The number of benzene rings is 2. The molecule has 2 heterocycles. The van der Waals surface area contributed by atoms with Gasteiger partial charge in [0.05, 0.1) is 5.92 Å². The molecule has 2 saturated heterocycles. The van der Waals surface area contributed by atoms with Crippen molar-refractivity contribution in [3.63, 3.8) is 0 Å². The van der Waals surface area contributed by atoms with Gasteiger partial charge in [0, 0.05) is 36.8 Å². The largest absolute Gasteiger partial charge is 0.398 e. The second kappa shape index (κ2) is 9.61. The summed E-state index contributed by atoms with van der Waals surface area (Å²) in [6.07, 6.45) is 12.0. The zero-order valence-corrected chi connectivity index (χ0v) is 21.1. The molecule has 2 aliphatic heterocycles. The first-order chi connectivity index (χ1) is 17.2. The molecule has 1 amide bonds. The van der Waals surface area contributed by atoms with Crippen molar-refractivity contribution in [2.24, 2.45) is 11.8 Å². The van der Waals surface area contributed by atoms with Crippen LogP contribution in [0.15, 0.2) is 48.5 Å². The smallest absolute Gasteiger partial charge is 0.228 e. The number of nitrogen functional groups attached to an aromatic ring is 1. The maximum atomic E-state index is 14.5. The average molecular weight is 472 g/mol. The molecular weight excluding hydrogens is 430 g/mol. The highest BCUT2D eigenvalue weighted by molar-refractivity contribution is 5.82. The molecule has 1 saturated carbocycles. The van der Waals surface area contributed by atoms with Gasteiger partial charge >= 0.3 is 0 Å². The van der Waals surface area contributed by atoms with E-state index in [-0.39, 0.29) is 11.3 Å². The van der Waals surface area contributed by atoms with Gasteiger partial charge in [-0.2, -0.15) is 0 Å². The summed E-state index contributed by atoms with van der Waals surface area (Å²) in [5.41, 5.74) is 11.3. The first kappa shape index (κ1) is 23.1. The van der Waals surface area contributed by atoms with Gasteiger partial charge in [-0.05, 0) is 79.5 Å². The minimum absolute atomic E-state index is 0.0164. The van der Waals surface area contributed by atoms with E-state index in [2.05, 4.69) is 52.7 Å². The van der Waals surface area contributed by atoms with Gasteiger partial charge in [0.25, 0.3) is 0 Å². The average Bonchev–Trinajstić information content (AvgIpc) is 3.33. The fraction of sp³-hybridized carbons (Fsp3) is 0.581. The predicted molar refractivity (Wildman–Crippen MR) is 142 cm³/mol. The van der Waals surface area contributed by atoms with Crippen molar-refractivity contribution < 1.29 is 4.79 Å². The summed E-state index contributed by atoms with van der Waals surface area (Å²) in [4.78, 5) is 16.9. The Balaban J connectivity index is 1.31. The third-order valence-electron chi connectivity index (χ3n) is 9.95. The molecule has 6 rings (SSSR count). The van der Waals surface area contributed by atoms with Gasteiger partial charge in [0.15, 0.2) is 0 Å². The molecule has 35 heavy (non-hydrogen) atoms. The van der Waals surface area contributed by atoms with Crippen molar-refractivity contribution in [3.8, 4) is 0 Å². The van der Waals surface area contributed by atoms with E-state index in [0.29, 0.717) is 23.8 Å². The number of carbonyl (C=O) groups is 1. The number of carbonyl (C=O) groups excluding carboxylic acids is 1. The van der Waals surface area contributed by atoms with Gasteiger partial charge in [0.2, 0.25) is 5.91 Å². The van der Waals surface area contributed by atoms with Crippen LogP contribution in [0.1, 0.15) is 80.4 Å². The zero-order valence-electron chi connectivity index (χ0n) is 21.1. The number of nitrogens with two attached hydrogens (primary N) is 1. The third-order valence-corrected chi connectivity index (χ3v) is 9.95. The van der Waals surface area contributed by atoms with Crippen molar-refractivity contribution in [2.45, 2.75) is 81.6 Å². The van der Waals surface area contributed by atoms with Crippen LogP contribution >= 0.6 is 0 Å². The van der Waals surface area contributed by atoms with Gasteiger partial charge < -0.3 is 16.0 Å². The molecule has 4 atom stereocenters. The standard InChI is InChI=1S/C31H41N3O/c32-28-15-7-14-26-25(28)13-8-17-31(26)21-33-20-27(31)30(35)34-18-16-24(22-9-3-1-4-10-22)19-29(34)23-11-5-2-6-12-23/h1,3-4,7,9-10,14-15,23-24,27,29,33H,2,5-6,8,11-13,16-21,32H2. The fourth-order valence-corrected chi connectivity index (χ4v) is 8.16. The maximum absolute atomic E-state index is 14.5. The molecule has 186 valence electrons. The number of nitrogens with one attached hydrogen (secondary N) is 1. The Labute approximate surface area is 210 Å². The summed E-state index contributed by atoms with van der Waals surface area (Å²) in [5.74, 6) is 1.65. The number of piperidine rings is 1. The SMILES string of the molecule is Nc1cccc2c1CCCC21CNCC1C(=O)N1CCC(c2ccccc2)CC1C1CCCCC1. The summed E-state index contributed by atoms with van der Waals surface area (Å²) in [7, 11) is 0. The van der Waals surface area contributed by atoms with Crippen LogP contribution in [0.5, 0.6) is 0 Å². The van der Waals surface area contributed by atoms with Crippen molar-refractivity contribution in [2.75, 3.05) is 25.4 Å². The Kier molecular flexibility index (Phi) is 6.34. The van der Waals surface area contributed by atoms with Crippen LogP contribution < -0.4 is 11.1 Å². The molecule has 0 aromatic heterocycles. The Bertz CT molecular complexity index is 1050. The van der Waals surface area contributed by atoms with Gasteiger partial charge in [-0.3, -0.25) is 4.79 Å². The molecular formula is C31H41N3O. The highest BCUT2D eigenvalue weighted by atomic mass is 16.2. The molecule has 2 aromatic rings. The molecule has 4 nitrogen and oxygen atoms in total.